The zero-order valence-electron chi connectivity index (χ0n) is 14.2. The van der Waals surface area contributed by atoms with Crippen LogP contribution in [-0.4, -0.2) is 45.6 Å². The molecule has 0 bridgehead atoms. The molecule has 0 aliphatic rings. The summed E-state index contributed by atoms with van der Waals surface area (Å²) in [5.41, 5.74) is 0.685. The first-order chi connectivity index (χ1) is 12.0. The molecule has 2 rings (SSSR count). The molecule has 0 fully saturated rings. The molecular weight excluding hydrogens is 404 g/mol. The lowest BCUT2D eigenvalue weighted by Gasteiger charge is -2.17. The van der Waals surface area contributed by atoms with Gasteiger partial charge in [0.25, 0.3) is 0 Å². The number of amides is 2. The highest BCUT2D eigenvalue weighted by Crippen LogP contribution is 2.21. The standard InChI is InChI=1S/C17H21BrN4O2S/c1-3-9-22-10-8-19-17(22)25-12-16(24)21(2)11-15(23)20-14-7-5-4-6-13(14)18/h4-8,10H,3,9,11-12H2,1-2H3,(H,20,23). The van der Waals surface area contributed by atoms with E-state index in [1.165, 1.54) is 16.7 Å². The van der Waals surface area contributed by atoms with Gasteiger partial charge in [-0.3, -0.25) is 9.59 Å². The molecular formula is C17H21BrN4O2S. The molecule has 0 radical (unpaired) electrons. The third kappa shape index (κ3) is 5.89. The van der Waals surface area contributed by atoms with E-state index in [1.807, 2.05) is 29.0 Å². The van der Waals surface area contributed by atoms with Gasteiger partial charge < -0.3 is 14.8 Å². The molecule has 2 aromatic rings. The second-order valence-corrected chi connectivity index (χ2v) is 7.27. The van der Waals surface area contributed by atoms with Gasteiger partial charge in [0.1, 0.15) is 0 Å². The lowest BCUT2D eigenvalue weighted by Crippen LogP contribution is -2.36. The minimum absolute atomic E-state index is 0.00410. The summed E-state index contributed by atoms with van der Waals surface area (Å²) < 4.78 is 2.83. The van der Waals surface area contributed by atoms with Gasteiger partial charge in [-0.05, 0) is 34.5 Å². The molecule has 8 heteroatoms. The molecule has 6 nitrogen and oxygen atoms in total. The van der Waals surface area contributed by atoms with E-state index < -0.39 is 0 Å². The molecule has 0 aliphatic carbocycles. The molecule has 1 aromatic carbocycles. The maximum atomic E-state index is 12.2. The van der Waals surface area contributed by atoms with Crippen molar-refractivity contribution in [2.24, 2.45) is 0 Å². The molecule has 1 aromatic heterocycles. The summed E-state index contributed by atoms with van der Waals surface area (Å²) in [4.78, 5) is 30.0. The fourth-order valence-corrected chi connectivity index (χ4v) is 3.45. The van der Waals surface area contributed by atoms with Gasteiger partial charge in [0, 0.05) is 30.5 Å². The summed E-state index contributed by atoms with van der Waals surface area (Å²) in [6, 6.07) is 7.35. The van der Waals surface area contributed by atoms with Crippen molar-refractivity contribution in [2.75, 3.05) is 24.7 Å². The third-order valence-corrected chi connectivity index (χ3v) is 5.10. The quantitative estimate of drug-likeness (QED) is 0.660. The van der Waals surface area contributed by atoms with Crippen molar-refractivity contribution in [1.29, 1.82) is 0 Å². The van der Waals surface area contributed by atoms with Crippen LogP contribution in [0.5, 0.6) is 0 Å². The fourth-order valence-electron chi connectivity index (χ4n) is 2.14. The zero-order chi connectivity index (χ0) is 18.2. The Hall–Kier alpha value is -1.80. The number of aryl methyl sites for hydroxylation is 1. The molecule has 0 aliphatic heterocycles. The van der Waals surface area contributed by atoms with Crippen molar-refractivity contribution in [2.45, 2.75) is 25.0 Å². The number of aromatic nitrogens is 2. The normalized spacial score (nSPS) is 10.5. The van der Waals surface area contributed by atoms with E-state index in [0.29, 0.717) is 5.69 Å². The first kappa shape index (κ1) is 19.5. The summed E-state index contributed by atoms with van der Waals surface area (Å²) in [5, 5.41) is 3.61. The monoisotopic (exact) mass is 424 g/mol. The lowest BCUT2D eigenvalue weighted by atomic mass is 10.3. The van der Waals surface area contributed by atoms with Crippen molar-refractivity contribution in [3.8, 4) is 0 Å². The van der Waals surface area contributed by atoms with Crippen LogP contribution >= 0.6 is 27.7 Å². The highest BCUT2D eigenvalue weighted by atomic mass is 79.9. The van der Waals surface area contributed by atoms with Crippen LogP contribution in [-0.2, 0) is 16.1 Å². The van der Waals surface area contributed by atoms with Crippen molar-refractivity contribution < 1.29 is 9.59 Å². The number of carbonyl (C=O) groups excluding carboxylic acids is 2. The second-order valence-electron chi connectivity index (χ2n) is 5.47. The lowest BCUT2D eigenvalue weighted by molar-refractivity contribution is -0.131. The Morgan fingerprint density at radius 3 is 2.84 bits per heavy atom. The van der Waals surface area contributed by atoms with Crippen molar-refractivity contribution >= 4 is 45.2 Å². The third-order valence-electron chi connectivity index (χ3n) is 3.42. The van der Waals surface area contributed by atoms with Gasteiger partial charge in [-0.2, -0.15) is 0 Å². The molecule has 0 spiro atoms. The summed E-state index contributed by atoms with van der Waals surface area (Å²) in [6.45, 7) is 2.97. The first-order valence-corrected chi connectivity index (χ1v) is 9.71. The van der Waals surface area contributed by atoms with Crippen LogP contribution in [0.25, 0.3) is 0 Å². The average Bonchev–Trinajstić information content (AvgIpc) is 3.02. The second kappa shape index (κ2) is 9.62. The van der Waals surface area contributed by atoms with Crippen LogP contribution in [0.1, 0.15) is 13.3 Å². The number of hydrogen-bond acceptors (Lipinski definition) is 4. The number of hydrogen-bond donors (Lipinski definition) is 1. The van der Waals surface area contributed by atoms with Crippen molar-refractivity contribution in [3.63, 3.8) is 0 Å². The maximum absolute atomic E-state index is 12.2. The van der Waals surface area contributed by atoms with E-state index in [9.17, 15) is 9.59 Å². The number of nitrogens with zero attached hydrogens (tertiary/aromatic N) is 3. The Bertz CT molecular complexity index is 735. The topological polar surface area (TPSA) is 67.2 Å². The molecule has 1 heterocycles. The van der Waals surface area contributed by atoms with Crippen molar-refractivity contribution in [3.05, 3.63) is 41.1 Å². The number of anilines is 1. The number of nitrogens with one attached hydrogen (secondary N) is 1. The highest BCUT2D eigenvalue weighted by molar-refractivity contribution is 9.10. The number of likely N-dealkylation sites (N-methyl/N-ethyl adjacent to an activating group) is 1. The molecule has 0 saturated carbocycles. The van der Waals surface area contributed by atoms with Crippen LogP contribution in [0.2, 0.25) is 0 Å². The van der Waals surface area contributed by atoms with Gasteiger partial charge >= 0.3 is 0 Å². The summed E-state index contributed by atoms with van der Waals surface area (Å²) in [6.07, 6.45) is 4.65. The van der Waals surface area contributed by atoms with Gasteiger partial charge in [-0.15, -0.1) is 0 Å². The number of carbonyl (C=O) groups is 2. The average molecular weight is 425 g/mol. The van der Waals surface area contributed by atoms with E-state index in [4.69, 9.17) is 0 Å². The summed E-state index contributed by atoms with van der Waals surface area (Å²) >= 11 is 4.76. The van der Waals surface area contributed by atoms with Crippen LogP contribution in [0.15, 0.2) is 46.3 Å². The van der Waals surface area contributed by atoms with E-state index >= 15 is 0 Å². The first-order valence-electron chi connectivity index (χ1n) is 7.93. The maximum Gasteiger partial charge on any atom is 0.244 e. The largest absolute Gasteiger partial charge is 0.336 e. The van der Waals surface area contributed by atoms with Crippen LogP contribution < -0.4 is 5.32 Å². The number of thioether (sulfide) groups is 1. The summed E-state index contributed by atoms with van der Waals surface area (Å²) in [5.74, 6) is -0.0990. The molecule has 25 heavy (non-hydrogen) atoms. The van der Waals surface area contributed by atoms with Gasteiger partial charge in [0.2, 0.25) is 11.8 Å². The van der Waals surface area contributed by atoms with Gasteiger partial charge in [-0.1, -0.05) is 30.8 Å². The molecule has 1 N–H and O–H groups in total. The Morgan fingerprint density at radius 2 is 2.12 bits per heavy atom. The van der Waals surface area contributed by atoms with Crippen LogP contribution in [0.3, 0.4) is 0 Å². The highest BCUT2D eigenvalue weighted by Gasteiger charge is 2.15. The predicted octanol–water partition coefficient (Wildman–Crippen LogP) is 3.24. The number of halogens is 1. The SMILES string of the molecule is CCCn1ccnc1SCC(=O)N(C)CC(=O)Nc1ccccc1Br. The number of benzene rings is 1. The fraction of sp³-hybridized carbons (Fsp3) is 0.353. The summed E-state index contributed by atoms with van der Waals surface area (Å²) in [7, 11) is 1.63. The Kier molecular flexibility index (Phi) is 7.52. The van der Waals surface area contributed by atoms with E-state index in [1.54, 1.807) is 19.3 Å². The zero-order valence-corrected chi connectivity index (χ0v) is 16.6. The Labute approximate surface area is 160 Å². The Morgan fingerprint density at radius 1 is 1.36 bits per heavy atom. The Balaban J connectivity index is 1.82. The molecule has 134 valence electrons. The molecule has 0 unspecified atom stereocenters. The minimum Gasteiger partial charge on any atom is -0.336 e. The predicted molar refractivity (Wildman–Crippen MR) is 104 cm³/mol. The van der Waals surface area contributed by atoms with Crippen LogP contribution in [0, 0.1) is 0 Å². The van der Waals surface area contributed by atoms with E-state index in [2.05, 4.69) is 33.2 Å². The van der Waals surface area contributed by atoms with E-state index in [0.717, 1.165) is 22.6 Å². The van der Waals surface area contributed by atoms with Gasteiger partial charge in [0.05, 0.1) is 18.0 Å². The van der Waals surface area contributed by atoms with Gasteiger partial charge in [0.15, 0.2) is 5.16 Å². The molecule has 0 saturated heterocycles. The molecule has 0 atom stereocenters. The smallest absolute Gasteiger partial charge is 0.244 e. The van der Waals surface area contributed by atoms with Gasteiger partial charge in [-0.25, -0.2) is 4.98 Å². The van der Waals surface area contributed by atoms with Crippen molar-refractivity contribution in [1.82, 2.24) is 14.5 Å². The number of rotatable bonds is 8. The molecule has 2 amide bonds. The number of para-hydroxylation sites is 1. The minimum atomic E-state index is -0.236. The van der Waals surface area contributed by atoms with E-state index in [-0.39, 0.29) is 24.1 Å². The van der Waals surface area contributed by atoms with Crippen LogP contribution in [0.4, 0.5) is 5.69 Å². The number of imidazole rings is 1.